The van der Waals surface area contributed by atoms with Crippen LogP contribution in [0, 0.1) is 24.2 Å². The number of nitriles is 1. The van der Waals surface area contributed by atoms with Gasteiger partial charge in [-0.3, -0.25) is 4.79 Å². The van der Waals surface area contributed by atoms with Crippen LogP contribution in [-0.4, -0.2) is 5.78 Å². The van der Waals surface area contributed by atoms with E-state index in [1.165, 1.54) is 5.56 Å². The Morgan fingerprint density at radius 3 is 1.96 bits per heavy atom. The fourth-order valence-electron chi connectivity index (χ4n) is 2.33. The minimum atomic E-state index is 0.123. The Hall–Kier alpha value is -2.40. The van der Waals surface area contributed by atoms with E-state index in [9.17, 15) is 4.79 Å². The van der Waals surface area contributed by atoms with Gasteiger partial charge in [-0.15, -0.1) is 0 Å². The molecule has 0 saturated carbocycles. The first kappa shape index (κ1) is 22.6. The van der Waals surface area contributed by atoms with Crippen molar-refractivity contribution in [3.63, 3.8) is 0 Å². The number of hydrogen-bond donors (Lipinski definition) is 0. The molecular formula is C23H31NO. The Morgan fingerprint density at radius 1 is 1.04 bits per heavy atom. The normalized spacial score (nSPS) is 10.2. The molecule has 2 rings (SSSR count). The number of ketones is 1. The molecule has 0 bridgehead atoms. The van der Waals surface area contributed by atoms with Gasteiger partial charge in [0.15, 0.2) is 0 Å². The number of Topliss-reactive ketones (excluding diaryl/α,β-unsaturated/α-hetero) is 1. The van der Waals surface area contributed by atoms with E-state index >= 15 is 0 Å². The molecule has 1 unspecified atom stereocenters. The van der Waals surface area contributed by atoms with Crippen LogP contribution in [0.3, 0.4) is 0 Å². The molecule has 134 valence electrons. The second-order valence-electron chi connectivity index (χ2n) is 5.76. The maximum absolute atomic E-state index is 11.4. The quantitative estimate of drug-likeness (QED) is 0.658. The molecule has 0 aliphatic rings. The number of nitrogens with zero attached hydrogens (tertiary/aromatic N) is 1. The van der Waals surface area contributed by atoms with Crippen LogP contribution in [0.2, 0.25) is 0 Å². The molecular weight excluding hydrogens is 306 g/mol. The van der Waals surface area contributed by atoms with Crippen molar-refractivity contribution < 1.29 is 4.79 Å². The summed E-state index contributed by atoms with van der Waals surface area (Å²) in [6, 6.07) is 19.8. The SMILES string of the molecule is CC.CCCC(Cc1ccc(C#N)cc1)C(C)=O.Cc1ccccc1. The van der Waals surface area contributed by atoms with Gasteiger partial charge in [0.05, 0.1) is 11.6 Å². The first-order valence-corrected chi connectivity index (χ1v) is 9.08. The Morgan fingerprint density at radius 2 is 1.60 bits per heavy atom. The minimum absolute atomic E-state index is 0.123. The van der Waals surface area contributed by atoms with E-state index in [1.807, 2.05) is 44.2 Å². The van der Waals surface area contributed by atoms with Gasteiger partial charge in [0, 0.05) is 5.92 Å². The summed E-state index contributed by atoms with van der Waals surface area (Å²) in [4.78, 5) is 11.4. The van der Waals surface area contributed by atoms with Crippen molar-refractivity contribution in [2.45, 2.75) is 53.9 Å². The van der Waals surface area contributed by atoms with E-state index in [1.54, 1.807) is 19.1 Å². The smallest absolute Gasteiger partial charge is 0.133 e. The monoisotopic (exact) mass is 337 g/mol. The molecule has 0 aliphatic heterocycles. The van der Waals surface area contributed by atoms with Gasteiger partial charge in [-0.2, -0.15) is 5.26 Å². The maximum atomic E-state index is 11.4. The van der Waals surface area contributed by atoms with E-state index in [4.69, 9.17) is 5.26 Å². The van der Waals surface area contributed by atoms with E-state index in [0.29, 0.717) is 5.56 Å². The predicted molar refractivity (Wildman–Crippen MR) is 106 cm³/mol. The van der Waals surface area contributed by atoms with Crippen molar-refractivity contribution in [2.24, 2.45) is 5.92 Å². The Labute approximate surface area is 153 Å². The van der Waals surface area contributed by atoms with Gasteiger partial charge in [-0.25, -0.2) is 0 Å². The van der Waals surface area contributed by atoms with Crippen LogP contribution in [0.1, 0.15) is 57.2 Å². The molecule has 0 fully saturated rings. The molecule has 0 amide bonds. The second kappa shape index (κ2) is 14.0. The van der Waals surface area contributed by atoms with Crippen LogP contribution in [0.4, 0.5) is 0 Å². The van der Waals surface area contributed by atoms with Gasteiger partial charge < -0.3 is 0 Å². The Bertz CT molecular complexity index is 623. The number of benzene rings is 2. The summed E-state index contributed by atoms with van der Waals surface area (Å²) in [5, 5.41) is 8.68. The van der Waals surface area contributed by atoms with Crippen LogP contribution < -0.4 is 0 Å². The zero-order valence-corrected chi connectivity index (χ0v) is 16.3. The Balaban J connectivity index is 0.000000530. The average Bonchev–Trinajstić information content (AvgIpc) is 2.65. The number of carbonyl (C=O) groups excluding carboxylic acids is 1. The van der Waals surface area contributed by atoms with Crippen molar-refractivity contribution in [1.29, 1.82) is 5.26 Å². The van der Waals surface area contributed by atoms with Gasteiger partial charge in [0.2, 0.25) is 0 Å². The van der Waals surface area contributed by atoms with Crippen LogP contribution >= 0.6 is 0 Å². The zero-order valence-electron chi connectivity index (χ0n) is 16.3. The molecule has 0 radical (unpaired) electrons. The first-order chi connectivity index (χ1) is 12.1. The van der Waals surface area contributed by atoms with Gasteiger partial charge in [0.25, 0.3) is 0 Å². The van der Waals surface area contributed by atoms with Crippen LogP contribution in [0.25, 0.3) is 0 Å². The lowest BCUT2D eigenvalue weighted by Crippen LogP contribution is -2.13. The molecule has 1 atom stereocenters. The highest BCUT2D eigenvalue weighted by Crippen LogP contribution is 2.15. The lowest BCUT2D eigenvalue weighted by molar-refractivity contribution is -0.120. The third-order valence-electron chi connectivity index (χ3n) is 3.72. The molecule has 0 aromatic heterocycles. The molecule has 2 aromatic rings. The zero-order chi connectivity index (χ0) is 19.1. The summed E-state index contributed by atoms with van der Waals surface area (Å²) in [5.41, 5.74) is 3.12. The number of hydrogen-bond acceptors (Lipinski definition) is 2. The van der Waals surface area contributed by atoms with Crippen LogP contribution in [0.15, 0.2) is 54.6 Å². The molecule has 0 spiro atoms. The molecule has 0 saturated heterocycles. The fraction of sp³-hybridized carbons (Fsp3) is 0.391. The number of rotatable bonds is 5. The van der Waals surface area contributed by atoms with E-state index in [2.05, 4.69) is 32.0 Å². The number of carbonyl (C=O) groups is 1. The minimum Gasteiger partial charge on any atom is -0.300 e. The van der Waals surface area contributed by atoms with Crippen LogP contribution in [0.5, 0.6) is 0 Å². The summed E-state index contributed by atoms with van der Waals surface area (Å²) in [7, 11) is 0. The standard InChI is InChI=1S/C14H17NO.C7H8.C2H6/c1-3-4-14(11(2)16)9-12-5-7-13(10-15)8-6-12;1-7-5-3-2-4-6-7;1-2/h5-8,14H,3-4,9H2,1-2H3;2-6H,1H3;1-2H3. The summed E-state index contributed by atoms with van der Waals surface area (Å²) >= 11 is 0. The highest BCUT2D eigenvalue weighted by atomic mass is 16.1. The predicted octanol–water partition coefficient (Wildman–Crippen LogP) is 6.13. The Kier molecular flexibility index (Phi) is 12.6. The van der Waals surface area contributed by atoms with Crippen molar-refractivity contribution in [3.05, 3.63) is 71.3 Å². The molecule has 25 heavy (non-hydrogen) atoms. The van der Waals surface area contributed by atoms with Gasteiger partial charge in [-0.05, 0) is 44.4 Å². The third kappa shape index (κ3) is 10.1. The summed E-state index contributed by atoms with van der Waals surface area (Å²) in [6.07, 6.45) is 2.75. The van der Waals surface area contributed by atoms with E-state index in [0.717, 1.165) is 24.8 Å². The molecule has 0 N–H and O–H groups in total. The summed E-state index contributed by atoms with van der Waals surface area (Å²) in [5.74, 6) is 0.379. The molecule has 2 heteroatoms. The summed E-state index contributed by atoms with van der Waals surface area (Å²) < 4.78 is 0. The topological polar surface area (TPSA) is 40.9 Å². The highest BCUT2D eigenvalue weighted by Gasteiger charge is 2.13. The third-order valence-corrected chi connectivity index (χ3v) is 3.72. The second-order valence-corrected chi connectivity index (χ2v) is 5.76. The first-order valence-electron chi connectivity index (χ1n) is 9.08. The molecule has 0 heterocycles. The van der Waals surface area contributed by atoms with Gasteiger partial charge in [-0.1, -0.05) is 75.2 Å². The average molecular weight is 338 g/mol. The van der Waals surface area contributed by atoms with Gasteiger partial charge >= 0.3 is 0 Å². The van der Waals surface area contributed by atoms with Crippen LogP contribution in [-0.2, 0) is 11.2 Å². The largest absolute Gasteiger partial charge is 0.300 e. The molecule has 0 aliphatic carbocycles. The van der Waals surface area contributed by atoms with Crippen molar-refractivity contribution in [3.8, 4) is 6.07 Å². The van der Waals surface area contributed by atoms with Crippen molar-refractivity contribution in [1.82, 2.24) is 0 Å². The lowest BCUT2D eigenvalue weighted by Gasteiger charge is -2.12. The maximum Gasteiger partial charge on any atom is 0.133 e. The molecule has 2 nitrogen and oxygen atoms in total. The van der Waals surface area contributed by atoms with E-state index in [-0.39, 0.29) is 11.7 Å². The molecule has 2 aromatic carbocycles. The number of aryl methyl sites for hydroxylation is 1. The fourth-order valence-corrected chi connectivity index (χ4v) is 2.33. The summed E-state index contributed by atoms with van der Waals surface area (Å²) in [6.45, 7) is 9.83. The highest BCUT2D eigenvalue weighted by molar-refractivity contribution is 5.78. The van der Waals surface area contributed by atoms with Crippen molar-refractivity contribution >= 4 is 5.78 Å². The lowest BCUT2D eigenvalue weighted by atomic mass is 9.91. The van der Waals surface area contributed by atoms with E-state index < -0.39 is 0 Å². The van der Waals surface area contributed by atoms with Crippen molar-refractivity contribution in [2.75, 3.05) is 0 Å². The van der Waals surface area contributed by atoms with Gasteiger partial charge in [0.1, 0.15) is 5.78 Å².